The van der Waals surface area contributed by atoms with E-state index in [0.717, 1.165) is 44.6 Å². The second kappa shape index (κ2) is 10.8. The largest absolute Gasteiger partial charge is 0.436 e. The van der Waals surface area contributed by atoms with Gasteiger partial charge in [-0.15, -0.1) is 11.3 Å². The van der Waals surface area contributed by atoms with Crippen LogP contribution in [0.4, 0.5) is 0 Å². The quantitative estimate of drug-likeness (QED) is 0.167. The number of para-hydroxylation sites is 1. The van der Waals surface area contributed by atoms with Crippen LogP contribution in [0.5, 0.6) is 0 Å². The Morgan fingerprint density at radius 2 is 1.04 bits per heavy atom. The molecule has 0 radical (unpaired) electrons. The highest BCUT2D eigenvalue weighted by Gasteiger charge is 2.25. The van der Waals surface area contributed by atoms with Crippen molar-refractivity contribution in [2.75, 3.05) is 0 Å². The molecule has 13 rings (SSSR count). The van der Waals surface area contributed by atoms with Crippen LogP contribution in [-0.2, 0) is 0 Å². The lowest BCUT2D eigenvalue weighted by Crippen LogP contribution is -2.03. The molecule has 0 N–H and O–H groups in total. The Bertz CT molecular complexity index is 3760. The summed E-state index contributed by atoms with van der Waals surface area (Å²) in [5, 5.41) is 15.8. The number of aromatic nitrogens is 3. The molecular weight excluding hydrogens is 691 g/mol. The summed E-state index contributed by atoms with van der Waals surface area (Å²) in [6, 6.07) is 59.0. The van der Waals surface area contributed by atoms with Crippen LogP contribution in [0.1, 0.15) is 0 Å². The number of furan rings is 1. The second-order valence-electron chi connectivity index (χ2n) is 14.4. The van der Waals surface area contributed by atoms with Crippen molar-refractivity contribution in [2.45, 2.75) is 0 Å². The lowest BCUT2D eigenvalue weighted by Gasteiger charge is -2.14. The van der Waals surface area contributed by atoms with Crippen LogP contribution >= 0.6 is 11.3 Å². The molecule has 5 heteroatoms. The molecule has 4 nitrogen and oxygen atoms in total. The Balaban J connectivity index is 1.24. The molecule has 254 valence electrons. The summed E-state index contributed by atoms with van der Waals surface area (Å²) in [6.45, 7) is 0. The van der Waals surface area contributed by atoms with Gasteiger partial charge < -0.3 is 4.42 Å². The number of benzene rings is 9. The van der Waals surface area contributed by atoms with Crippen molar-refractivity contribution in [3.8, 4) is 17.1 Å². The topological polar surface area (TPSA) is 43.9 Å². The monoisotopic (exact) mass is 717 g/mol. The van der Waals surface area contributed by atoms with Crippen LogP contribution in [0.3, 0.4) is 0 Å². The maximum Gasteiger partial charge on any atom is 0.247 e. The van der Waals surface area contributed by atoms with Gasteiger partial charge in [-0.25, -0.2) is 9.97 Å². The molecular formula is C50H27N3OS. The van der Waals surface area contributed by atoms with E-state index in [9.17, 15) is 0 Å². The summed E-state index contributed by atoms with van der Waals surface area (Å²) in [4.78, 5) is 11.0. The van der Waals surface area contributed by atoms with Crippen molar-refractivity contribution in [1.29, 1.82) is 0 Å². The van der Waals surface area contributed by atoms with E-state index in [1.807, 2.05) is 29.5 Å². The summed E-state index contributed by atoms with van der Waals surface area (Å²) in [5.41, 5.74) is 6.02. The highest BCUT2D eigenvalue weighted by Crippen LogP contribution is 2.47. The van der Waals surface area contributed by atoms with Crippen LogP contribution in [0.2, 0.25) is 0 Å². The first-order chi connectivity index (χ1) is 27.3. The average molecular weight is 718 g/mol. The van der Waals surface area contributed by atoms with Gasteiger partial charge in [0.2, 0.25) is 5.71 Å². The van der Waals surface area contributed by atoms with Crippen molar-refractivity contribution >= 4 is 119 Å². The van der Waals surface area contributed by atoms with E-state index >= 15 is 0 Å². The fourth-order valence-corrected chi connectivity index (χ4v) is 10.4. The minimum Gasteiger partial charge on any atom is -0.436 e. The predicted octanol–water partition coefficient (Wildman–Crippen LogP) is 14.1. The molecule has 0 amide bonds. The van der Waals surface area contributed by atoms with Gasteiger partial charge in [0, 0.05) is 47.3 Å². The van der Waals surface area contributed by atoms with E-state index in [2.05, 4.69) is 150 Å². The zero-order valence-electron chi connectivity index (χ0n) is 29.2. The Morgan fingerprint density at radius 1 is 0.436 bits per heavy atom. The first-order valence-electron chi connectivity index (χ1n) is 18.6. The van der Waals surface area contributed by atoms with E-state index < -0.39 is 0 Å². The van der Waals surface area contributed by atoms with Crippen molar-refractivity contribution < 1.29 is 4.42 Å². The molecule has 4 aromatic heterocycles. The lowest BCUT2D eigenvalue weighted by molar-refractivity contribution is 0.653. The van der Waals surface area contributed by atoms with Gasteiger partial charge in [0.25, 0.3) is 0 Å². The van der Waals surface area contributed by atoms with Crippen molar-refractivity contribution in [3.05, 3.63) is 164 Å². The van der Waals surface area contributed by atoms with Gasteiger partial charge in [-0.3, -0.25) is 4.57 Å². The van der Waals surface area contributed by atoms with Crippen molar-refractivity contribution in [2.24, 2.45) is 0 Å². The fourth-order valence-electron chi connectivity index (χ4n) is 9.23. The molecule has 0 atom stereocenters. The van der Waals surface area contributed by atoms with Gasteiger partial charge in [0.15, 0.2) is 5.82 Å². The fraction of sp³-hybridized carbons (Fsp3) is 0. The predicted molar refractivity (Wildman–Crippen MR) is 232 cm³/mol. The minimum absolute atomic E-state index is 0.533. The Morgan fingerprint density at radius 3 is 1.87 bits per heavy atom. The molecule has 0 fully saturated rings. The van der Waals surface area contributed by atoms with Crippen LogP contribution in [0, 0.1) is 0 Å². The first kappa shape index (κ1) is 29.4. The van der Waals surface area contributed by atoms with Gasteiger partial charge in [-0.05, 0) is 74.1 Å². The molecule has 0 bridgehead atoms. The van der Waals surface area contributed by atoms with Gasteiger partial charge in [0.05, 0.1) is 11.0 Å². The smallest absolute Gasteiger partial charge is 0.247 e. The third-order valence-electron chi connectivity index (χ3n) is 11.6. The molecule has 0 unspecified atom stereocenters. The first-order valence-corrected chi connectivity index (χ1v) is 19.4. The second-order valence-corrected chi connectivity index (χ2v) is 15.5. The summed E-state index contributed by atoms with van der Waals surface area (Å²) in [5.74, 6) is 0.777. The van der Waals surface area contributed by atoms with Crippen molar-refractivity contribution in [3.63, 3.8) is 0 Å². The standard InChI is InChI=1S/C50H27N3OS/c1-2-12-30-28(11-1)22-25-39-45(30)46-40(26-24-37-33-15-4-3-13-31(33)32-14-5-6-17-36(32)44(37)46)53(39)49-47(52-50-48(51-49)38-18-7-9-19-41(38)54-50)29-21-23-35-34-16-8-10-20-42(34)55-43(35)27-29/h1-27H. The van der Waals surface area contributed by atoms with E-state index in [0.29, 0.717) is 5.71 Å². The third-order valence-corrected chi connectivity index (χ3v) is 12.7. The molecule has 0 aliphatic heterocycles. The number of hydrogen-bond donors (Lipinski definition) is 0. The van der Waals surface area contributed by atoms with Crippen LogP contribution in [-0.4, -0.2) is 14.5 Å². The molecule has 9 aromatic carbocycles. The third kappa shape index (κ3) is 3.94. The van der Waals surface area contributed by atoms with Gasteiger partial charge in [-0.1, -0.05) is 127 Å². The van der Waals surface area contributed by atoms with E-state index in [-0.39, 0.29) is 0 Å². The van der Waals surface area contributed by atoms with Crippen LogP contribution in [0.25, 0.3) is 124 Å². The molecule has 0 aliphatic rings. The Hall–Kier alpha value is -7.08. The number of hydrogen-bond acceptors (Lipinski definition) is 4. The highest BCUT2D eigenvalue weighted by molar-refractivity contribution is 7.25. The number of fused-ring (bicyclic) bond motifs is 18. The molecule has 0 spiro atoms. The molecule has 0 saturated heterocycles. The van der Waals surface area contributed by atoms with E-state index in [4.69, 9.17) is 14.4 Å². The number of thiophene rings is 1. The SMILES string of the molecule is c1ccc2c(c1)ccc1c2c2c3c4ccccc4c4ccccc4c3ccc2n1-c1nc2c(nc1-c1ccc3c(c1)sc1ccccc13)oc1ccccc12. The Kier molecular flexibility index (Phi) is 5.74. The normalized spacial score (nSPS) is 12.4. The average Bonchev–Trinajstić information content (AvgIpc) is 3.92. The van der Waals surface area contributed by atoms with E-state index in [1.54, 1.807) is 0 Å². The molecule has 4 heterocycles. The summed E-state index contributed by atoms with van der Waals surface area (Å²) in [7, 11) is 0. The summed E-state index contributed by atoms with van der Waals surface area (Å²) < 4.78 is 11.3. The highest BCUT2D eigenvalue weighted by atomic mass is 32.1. The maximum absolute atomic E-state index is 6.42. The molecule has 55 heavy (non-hydrogen) atoms. The van der Waals surface area contributed by atoms with Gasteiger partial charge in [0.1, 0.15) is 16.8 Å². The summed E-state index contributed by atoms with van der Waals surface area (Å²) >= 11 is 1.81. The van der Waals surface area contributed by atoms with Crippen LogP contribution in [0.15, 0.2) is 168 Å². The number of nitrogens with zero attached hydrogens (tertiary/aromatic N) is 3. The van der Waals surface area contributed by atoms with E-state index in [1.165, 1.54) is 74.0 Å². The zero-order chi connectivity index (χ0) is 35.8. The molecule has 0 aliphatic carbocycles. The summed E-state index contributed by atoms with van der Waals surface area (Å²) in [6.07, 6.45) is 0. The zero-order valence-corrected chi connectivity index (χ0v) is 30.1. The molecule has 13 aromatic rings. The number of rotatable bonds is 2. The lowest BCUT2D eigenvalue weighted by atomic mass is 9.91. The van der Waals surface area contributed by atoms with Gasteiger partial charge in [-0.2, -0.15) is 0 Å². The van der Waals surface area contributed by atoms with Crippen molar-refractivity contribution in [1.82, 2.24) is 14.5 Å². The van der Waals surface area contributed by atoms with Crippen LogP contribution < -0.4 is 0 Å². The minimum atomic E-state index is 0.533. The maximum atomic E-state index is 6.42. The van der Waals surface area contributed by atoms with Gasteiger partial charge >= 0.3 is 0 Å². The molecule has 0 saturated carbocycles. The Labute approximate surface area is 317 Å².